The molecule has 0 spiro atoms. The Kier molecular flexibility index (Phi) is 4.85. The Bertz CT molecular complexity index is 311. The third-order valence-corrected chi connectivity index (χ3v) is 5.07. The minimum Gasteiger partial charge on any atom is -0.354 e. The third-order valence-electron chi connectivity index (χ3n) is 5.07. The Morgan fingerprint density at radius 3 is 2.74 bits per heavy atom. The fraction of sp³-hybridized carbons (Fsp3) is 0.933. The van der Waals surface area contributed by atoms with Crippen LogP contribution >= 0.6 is 0 Å². The highest BCUT2D eigenvalue weighted by Crippen LogP contribution is 2.32. The van der Waals surface area contributed by atoms with Crippen molar-refractivity contribution in [2.24, 2.45) is 11.3 Å². The molecule has 2 aliphatic rings. The summed E-state index contributed by atoms with van der Waals surface area (Å²) in [5.41, 5.74) is -0.259. The number of likely N-dealkylation sites (tertiary alicyclic amines) is 1. The van der Waals surface area contributed by atoms with E-state index in [0.717, 1.165) is 32.6 Å². The molecule has 2 N–H and O–H groups in total. The lowest BCUT2D eigenvalue weighted by molar-refractivity contribution is -0.132. The normalized spacial score (nSPS) is 29.4. The SMILES string of the molecule is CN1CCCC1CNC(=O)C(C)(C)C1CCCNC1. The number of nitrogens with zero attached hydrogens (tertiary/aromatic N) is 1. The van der Waals surface area contributed by atoms with Crippen LogP contribution in [0.5, 0.6) is 0 Å². The summed E-state index contributed by atoms with van der Waals surface area (Å²) < 4.78 is 0. The Hall–Kier alpha value is -0.610. The second-order valence-corrected chi connectivity index (χ2v) is 6.75. The summed E-state index contributed by atoms with van der Waals surface area (Å²) >= 11 is 0. The van der Waals surface area contributed by atoms with Gasteiger partial charge in [0.25, 0.3) is 0 Å². The maximum Gasteiger partial charge on any atom is 0.226 e. The molecule has 2 atom stereocenters. The molecule has 2 unspecified atom stereocenters. The van der Waals surface area contributed by atoms with Gasteiger partial charge in [0.2, 0.25) is 5.91 Å². The van der Waals surface area contributed by atoms with Gasteiger partial charge in [0.05, 0.1) is 0 Å². The molecule has 2 fully saturated rings. The first-order valence-electron chi connectivity index (χ1n) is 7.71. The predicted molar refractivity (Wildman–Crippen MR) is 78.0 cm³/mol. The molecule has 1 amide bonds. The summed E-state index contributed by atoms with van der Waals surface area (Å²) in [6.45, 7) is 8.23. The lowest BCUT2D eigenvalue weighted by Gasteiger charge is -2.36. The van der Waals surface area contributed by atoms with E-state index >= 15 is 0 Å². The number of nitrogens with one attached hydrogen (secondary N) is 2. The second kappa shape index (κ2) is 6.23. The first kappa shape index (κ1) is 14.8. The maximum absolute atomic E-state index is 12.5. The summed E-state index contributed by atoms with van der Waals surface area (Å²) in [4.78, 5) is 14.8. The van der Waals surface area contributed by atoms with E-state index in [0.29, 0.717) is 12.0 Å². The minimum atomic E-state index is -0.259. The molecular weight excluding hydrogens is 238 g/mol. The average Bonchev–Trinajstić information content (AvgIpc) is 2.82. The predicted octanol–water partition coefficient (Wildman–Crippen LogP) is 1.22. The van der Waals surface area contributed by atoms with Gasteiger partial charge in [0, 0.05) is 18.0 Å². The zero-order valence-corrected chi connectivity index (χ0v) is 12.7. The maximum atomic E-state index is 12.5. The van der Waals surface area contributed by atoms with E-state index in [-0.39, 0.29) is 11.3 Å². The Labute approximate surface area is 117 Å². The van der Waals surface area contributed by atoms with Crippen LogP contribution in [0.2, 0.25) is 0 Å². The topological polar surface area (TPSA) is 44.4 Å². The minimum absolute atomic E-state index is 0.224. The summed E-state index contributed by atoms with van der Waals surface area (Å²) in [5.74, 6) is 0.684. The van der Waals surface area contributed by atoms with Crippen molar-refractivity contribution in [1.82, 2.24) is 15.5 Å². The number of likely N-dealkylation sites (N-methyl/N-ethyl adjacent to an activating group) is 1. The molecule has 2 aliphatic heterocycles. The number of carbonyl (C=O) groups is 1. The van der Waals surface area contributed by atoms with E-state index in [9.17, 15) is 4.79 Å². The van der Waals surface area contributed by atoms with E-state index in [1.54, 1.807) is 0 Å². The fourth-order valence-electron chi connectivity index (χ4n) is 3.33. The molecule has 4 heteroatoms. The number of carbonyl (C=O) groups excluding carboxylic acids is 1. The number of rotatable bonds is 4. The molecule has 0 radical (unpaired) electrons. The lowest BCUT2D eigenvalue weighted by atomic mass is 9.74. The molecule has 2 rings (SSSR count). The molecule has 0 aromatic heterocycles. The van der Waals surface area contributed by atoms with Crippen molar-refractivity contribution in [3.63, 3.8) is 0 Å². The van der Waals surface area contributed by atoms with Crippen molar-refractivity contribution >= 4 is 5.91 Å². The Balaban J connectivity index is 1.83. The number of piperidine rings is 1. The van der Waals surface area contributed by atoms with E-state index in [2.05, 4.69) is 36.4 Å². The zero-order valence-electron chi connectivity index (χ0n) is 12.7. The van der Waals surface area contributed by atoms with Gasteiger partial charge in [-0.25, -0.2) is 0 Å². The quantitative estimate of drug-likeness (QED) is 0.805. The van der Waals surface area contributed by atoms with Crippen molar-refractivity contribution in [3.05, 3.63) is 0 Å². The van der Waals surface area contributed by atoms with Crippen molar-refractivity contribution in [2.45, 2.75) is 45.6 Å². The molecule has 0 saturated carbocycles. The van der Waals surface area contributed by atoms with Crippen LogP contribution in [-0.4, -0.2) is 50.1 Å². The monoisotopic (exact) mass is 267 g/mol. The standard InChI is InChI=1S/C15H29N3O/c1-15(2,12-6-4-8-16-10-12)14(19)17-11-13-7-5-9-18(13)3/h12-13,16H,4-11H2,1-3H3,(H,17,19). The third kappa shape index (κ3) is 3.48. The van der Waals surface area contributed by atoms with Gasteiger partial charge in [-0.05, 0) is 58.3 Å². The van der Waals surface area contributed by atoms with E-state index in [1.165, 1.54) is 19.3 Å². The lowest BCUT2D eigenvalue weighted by Crippen LogP contribution is -2.49. The van der Waals surface area contributed by atoms with Gasteiger partial charge >= 0.3 is 0 Å². The zero-order chi connectivity index (χ0) is 13.9. The fourth-order valence-corrected chi connectivity index (χ4v) is 3.33. The summed E-state index contributed by atoms with van der Waals surface area (Å²) in [6, 6.07) is 0.532. The van der Waals surface area contributed by atoms with Gasteiger partial charge in [-0.2, -0.15) is 0 Å². The molecule has 2 heterocycles. The molecule has 4 nitrogen and oxygen atoms in total. The van der Waals surface area contributed by atoms with Gasteiger partial charge in [-0.1, -0.05) is 13.8 Å². The number of hydrogen-bond acceptors (Lipinski definition) is 3. The average molecular weight is 267 g/mol. The Morgan fingerprint density at radius 1 is 1.37 bits per heavy atom. The first-order valence-corrected chi connectivity index (χ1v) is 7.71. The van der Waals surface area contributed by atoms with E-state index < -0.39 is 0 Å². The summed E-state index contributed by atoms with van der Waals surface area (Å²) in [6.07, 6.45) is 4.82. The summed E-state index contributed by atoms with van der Waals surface area (Å²) in [5, 5.41) is 6.60. The van der Waals surface area contributed by atoms with Gasteiger partial charge in [-0.3, -0.25) is 4.79 Å². The van der Waals surface area contributed by atoms with Gasteiger partial charge in [0.15, 0.2) is 0 Å². The molecule has 110 valence electrons. The number of amides is 1. The Morgan fingerprint density at radius 2 is 2.16 bits per heavy atom. The molecular formula is C15H29N3O. The molecule has 0 bridgehead atoms. The van der Waals surface area contributed by atoms with E-state index in [1.807, 2.05) is 0 Å². The highest BCUT2D eigenvalue weighted by atomic mass is 16.2. The largest absolute Gasteiger partial charge is 0.354 e. The van der Waals surface area contributed by atoms with Crippen LogP contribution in [0, 0.1) is 11.3 Å². The highest BCUT2D eigenvalue weighted by molar-refractivity contribution is 5.82. The molecule has 0 aromatic rings. The first-order chi connectivity index (χ1) is 9.01. The van der Waals surface area contributed by atoms with Crippen molar-refractivity contribution < 1.29 is 4.79 Å². The molecule has 0 aromatic carbocycles. The molecule has 2 saturated heterocycles. The van der Waals surface area contributed by atoms with Crippen LogP contribution in [0.25, 0.3) is 0 Å². The second-order valence-electron chi connectivity index (χ2n) is 6.75. The van der Waals surface area contributed by atoms with Crippen LogP contribution in [0.1, 0.15) is 39.5 Å². The van der Waals surface area contributed by atoms with Crippen LogP contribution in [0.3, 0.4) is 0 Å². The highest BCUT2D eigenvalue weighted by Gasteiger charge is 2.37. The van der Waals surface area contributed by atoms with E-state index in [4.69, 9.17) is 0 Å². The van der Waals surface area contributed by atoms with Gasteiger partial charge in [-0.15, -0.1) is 0 Å². The van der Waals surface area contributed by atoms with Crippen molar-refractivity contribution in [2.75, 3.05) is 33.2 Å². The van der Waals surface area contributed by atoms with Crippen LogP contribution in [0.15, 0.2) is 0 Å². The van der Waals surface area contributed by atoms with Crippen molar-refractivity contribution in [3.8, 4) is 0 Å². The molecule has 19 heavy (non-hydrogen) atoms. The van der Waals surface area contributed by atoms with Gasteiger partial charge in [0.1, 0.15) is 0 Å². The van der Waals surface area contributed by atoms with Crippen molar-refractivity contribution in [1.29, 1.82) is 0 Å². The smallest absolute Gasteiger partial charge is 0.226 e. The molecule has 0 aliphatic carbocycles. The summed E-state index contributed by atoms with van der Waals surface area (Å²) in [7, 11) is 2.15. The van der Waals surface area contributed by atoms with Crippen LogP contribution < -0.4 is 10.6 Å². The van der Waals surface area contributed by atoms with Crippen LogP contribution in [-0.2, 0) is 4.79 Å². The van der Waals surface area contributed by atoms with Crippen LogP contribution in [0.4, 0.5) is 0 Å². The number of hydrogen-bond donors (Lipinski definition) is 2. The van der Waals surface area contributed by atoms with Gasteiger partial charge < -0.3 is 15.5 Å².